The van der Waals surface area contributed by atoms with E-state index in [1.807, 2.05) is 20.8 Å². The minimum absolute atomic E-state index is 0.0687. The lowest BCUT2D eigenvalue weighted by molar-refractivity contribution is -0.139. The largest absolute Gasteiger partial charge is 0.378 e. The molecule has 1 amide bonds. The predicted molar refractivity (Wildman–Crippen MR) is 53.7 cm³/mol. The van der Waals surface area contributed by atoms with E-state index < -0.39 is 6.04 Å². The van der Waals surface area contributed by atoms with Gasteiger partial charge in [0.1, 0.15) is 6.04 Å². The van der Waals surface area contributed by atoms with Crippen molar-refractivity contribution in [1.29, 1.82) is 0 Å². The van der Waals surface area contributed by atoms with Gasteiger partial charge in [-0.05, 0) is 5.41 Å². The fourth-order valence-corrected chi connectivity index (χ4v) is 1.34. The van der Waals surface area contributed by atoms with Crippen LogP contribution in [0.25, 0.3) is 0 Å². The molecule has 0 aromatic heterocycles. The first-order chi connectivity index (χ1) is 6.43. The molecule has 0 spiro atoms. The van der Waals surface area contributed by atoms with Gasteiger partial charge in [-0.3, -0.25) is 4.79 Å². The molecule has 4 nitrogen and oxygen atoms in total. The maximum absolute atomic E-state index is 11.8. The number of morpholine rings is 1. The van der Waals surface area contributed by atoms with Crippen LogP contribution < -0.4 is 5.73 Å². The molecule has 1 N–H and O–H groups in total. The Kier molecular flexibility index (Phi) is 3.50. The van der Waals surface area contributed by atoms with Crippen LogP contribution in [0.5, 0.6) is 0 Å². The fourth-order valence-electron chi connectivity index (χ4n) is 1.34. The van der Waals surface area contributed by atoms with Crippen molar-refractivity contribution in [2.75, 3.05) is 26.3 Å². The Hall–Kier alpha value is -0.610. The lowest BCUT2D eigenvalue weighted by atomic mass is 9.86. The molecule has 0 bridgehead atoms. The zero-order chi connectivity index (χ0) is 10.8. The second kappa shape index (κ2) is 4.28. The highest BCUT2D eigenvalue weighted by atomic mass is 16.5. The number of hydrogen-bond donors (Lipinski definition) is 0. The molecule has 1 heterocycles. The van der Waals surface area contributed by atoms with Crippen LogP contribution in [0.15, 0.2) is 0 Å². The summed E-state index contributed by atoms with van der Waals surface area (Å²) in [4.78, 5) is 13.6. The summed E-state index contributed by atoms with van der Waals surface area (Å²) in [5.41, 5.74) is 7.55. The van der Waals surface area contributed by atoms with E-state index in [4.69, 9.17) is 10.5 Å². The Morgan fingerprint density at radius 2 is 1.86 bits per heavy atom. The third-order valence-electron chi connectivity index (χ3n) is 2.44. The molecule has 4 heteroatoms. The number of hydrogen-bond acceptors (Lipinski definition) is 2. The van der Waals surface area contributed by atoms with E-state index in [9.17, 15) is 4.79 Å². The number of rotatable bonds is 1. The van der Waals surface area contributed by atoms with Crippen LogP contribution in [0.3, 0.4) is 0 Å². The van der Waals surface area contributed by atoms with Crippen molar-refractivity contribution in [2.24, 2.45) is 5.41 Å². The quantitative estimate of drug-likeness (QED) is 0.619. The second-order valence-electron chi connectivity index (χ2n) is 4.74. The third kappa shape index (κ3) is 2.69. The van der Waals surface area contributed by atoms with Gasteiger partial charge >= 0.3 is 0 Å². The van der Waals surface area contributed by atoms with Gasteiger partial charge in [-0.15, -0.1) is 0 Å². The van der Waals surface area contributed by atoms with Gasteiger partial charge in [0, 0.05) is 13.1 Å². The maximum Gasteiger partial charge on any atom is 0.241 e. The maximum atomic E-state index is 11.8. The molecular formula is C10H19N2O2. The molecular weight excluding hydrogens is 180 g/mol. The highest BCUT2D eigenvalue weighted by Crippen LogP contribution is 2.20. The molecule has 1 unspecified atom stereocenters. The van der Waals surface area contributed by atoms with E-state index in [0.29, 0.717) is 26.3 Å². The number of carbonyl (C=O) groups is 1. The first kappa shape index (κ1) is 11.5. The number of nitrogens with zero attached hydrogens (tertiary/aromatic N) is 1. The molecule has 1 aliphatic rings. The summed E-state index contributed by atoms with van der Waals surface area (Å²) in [6.45, 7) is 8.22. The van der Waals surface area contributed by atoms with Gasteiger partial charge < -0.3 is 9.64 Å². The minimum Gasteiger partial charge on any atom is -0.378 e. The van der Waals surface area contributed by atoms with Gasteiger partial charge in [0.25, 0.3) is 0 Å². The van der Waals surface area contributed by atoms with Gasteiger partial charge in [-0.2, -0.15) is 0 Å². The fraction of sp³-hybridized carbons (Fsp3) is 0.900. The van der Waals surface area contributed by atoms with Crippen molar-refractivity contribution >= 4 is 5.91 Å². The zero-order valence-electron chi connectivity index (χ0n) is 9.17. The van der Waals surface area contributed by atoms with Crippen LogP contribution in [-0.4, -0.2) is 43.2 Å². The van der Waals surface area contributed by atoms with Crippen LogP contribution in [0.2, 0.25) is 0 Å². The topological polar surface area (TPSA) is 53.3 Å². The molecule has 14 heavy (non-hydrogen) atoms. The molecule has 1 radical (unpaired) electrons. The molecule has 1 aliphatic heterocycles. The van der Waals surface area contributed by atoms with Crippen LogP contribution in [0, 0.1) is 5.41 Å². The Balaban J connectivity index is 2.55. The molecule has 1 rings (SSSR count). The van der Waals surface area contributed by atoms with E-state index >= 15 is 0 Å². The first-order valence-corrected chi connectivity index (χ1v) is 5.00. The number of amides is 1. The van der Waals surface area contributed by atoms with Crippen molar-refractivity contribution < 1.29 is 9.53 Å². The summed E-state index contributed by atoms with van der Waals surface area (Å²) < 4.78 is 5.16. The Labute approximate surface area is 85.4 Å². The van der Waals surface area contributed by atoms with Crippen molar-refractivity contribution in [3.63, 3.8) is 0 Å². The molecule has 1 saturated heterocycles. The normalized spacial score (nSPS) is 20.7. The third-order valence-corrected chi connectivity index (χ3v) is 2.44. The SMILES string of the molecule is CC(C)(C)C([NH])C(=O)N1CCOCC1. The van der Waals surface area contributed by atoms with Gasteiger partial charge in [0.05, 0.1) is 13.2 Å². The predicted octanol–water partition coefficient (Wildman–Crippen LogP) is 0.543. The van der Waals surface area contributed by atoms with E-state index in [2.05, 4.69) is 0 Å². The van der Waals surface area contributed by atoms with Gasteiger partial charge in [-0.1, -0.05) is 20.8 Å². The van der Waals surface area contributed by atoms with Crippen LogP contribution >= 0.6 is 0 Å². The smallest absolute Gasteiger partial charge is 0.241 e. The van der Waals surface area contributed by atoms with Crippen LogP contribution in [0.1, 0.15) is 20.8 Å². The Morgan fingerprint density at radius 3 is 2.29 bits per heavy atom. The summed E-state index contributed by atoms with van der Waals surface area (Å²) in [5, 5.41) is 0. The van der Waals surface area contributed by atoms with Crippen molar-refractivity contribution in [3.8, 4) is 0 Å². The van der Waals surface area contributed by atoms with E-state index in [0.717, 1.165) is 0 Å². The average molecular weight is 199 g/mol. The van der Waals surface area contributed by atoms with Gasteiger partial charge in [0.2, 0.25) is 5.91 Å². The summed E-state index contributed by atoms with van der Waals surface area (Å²) in [6, 6.07) is -0.666. The highest BCUT2D eigenvalue weighted by molar-refractivity contribution is 5.82. The lowest BCUT2D eigenvalue weighted by Crippen LogP contribution is -2.50. The summed E-state index contributed by atoms with van der Waals surface area (Å²) >= 11 is 0. The summed E-state index contributed by atoms with van der Waals surface area (Å²) in [7, 11) is 0. The molecule has 81 valence electrons. The van der Waals surface area contributed by atoms with Crippen LogP contribution in [0.4, 0.5) is 0 Å². The molecule has 0 aromatic rings. The summed E-state index contributed by atoms with van der Waals surface area (Å²) in [6.07, 6.45) is 0. The molecule has 0 aliphatic carbocycles. The molecule has 1 fully saturated rings. The van der Waals surface area contributed by atoms with Crippen molar-refractivity contribution in [3.05, 3.63) is 0 Å². The zero-order valence-corrected chi connectivity index (χ0v) is 9.17. The molecule has 0 saturated carbocycles. The Bertz CT molecular complexity index is 205. The standard InChI is InChI=1S/C10H19N2O2/c1-10(2,3)8(11)9(13)12-4-6-14-7-5-12/h8,11H,4-7H2,1-3H3. The average Bonchev–Trinajstić information content (AvgIpc) is 2.15. The first-order valence-electron chi connectivity index (χ1n) is 5.00. The summed E-state index contributed by atoms with van der Waals surface area (Å²) in [5.74, 6) is -0.0687. The van der Waals surface area contributed by atoms with Crippen LogP contribution in [-0.2, 0) is 9.53 Å². The number of ether oxygens (including phenoxy) is 1. The van der Waals surface area contributed by atoms with Crippen molar-refractivity contribution in [1.82, 2.24) is 10.6 Å². The van der Waals surface area contributed by atoms with Gasteiger partial charge in [-0.25, -0.2) is 5.73 Å². The number of nitrogens with one attached hydrogen (secondary N) is 1. The van der Waals surface area contributed by atoms with Gasteiger partial charge in [0.15, 0.2) is 0 Å². The monoisotopic (exact) mass is 199 g/mol. The molecule has 0 aromatic carbocycles. The van der Waals surface area contributed by atoms with E-state index in [1.165, 1.54) is 0 Å². The van der Waals surface area contributed by atoms with E-state index in [-0.39, 0.29) is 11.3 Å². The highest BCUT2D eigenvalue weighted by Gasteiger charge is 2.32. The Morgan fingerprint density at radius 1 is 1.36 bits per heavy atom. The second-order valence-corrected chi connectivity index (χ2v) is 4.74. The minimum atomic E-state index is -0.666. The van der Waals surface area contributed by atoms with E-state index in [1.54, 1.807) is 4.90 Å². The lowest BCUT2D eigenvalue weighted by Gasteiger charge is -2.33. The number of carbonyl (C=O) groups excluding carboxylic acids is 1. The molecule has 1 atom stereocenters. The van der Waals surface area contributed by atoms with Crippen molar-refractivity contribution in [2.45, 2.75) is 26.8 Å².